The van der Waals surface area contributed by atoms with E-state index in [9.17, 15) is 14.4 Å². The molecule has 2 heterocycles. The van der Waals surface area contributed by atoms with Crippen molar-refractivity contribution in [3.05, 3.63) is 33.8 Å². The van der Waals surface area contributed by atoms with Gasteiger partial charge in [0.2, 0.25) is 11.8 Å². The molecule has 2 fully saturated rings. The van der Waals surface area contributed by atoms with Crippen LogP contribution in [0.2, 0.25) is 10.0 Å². The van der Waals surface area contributed by atoms with Crippen LogP contribution in [0.1, 0.15) is 12.0 Å². The van der Waals surface area contributed by atoms with Crippen LogP contribution in [0.4, 0.5) is 4.79 Å². The quantitative estimate of drug-likeness (QED) is 0.835. The van der Waals surface area contributed by atoms with Crippen LogP contribution >= 0.6 is 23.2 Å². The number of hydrogen-bond donors (Lipinski definition) is 1. The Balaban J connectivity index is 1.49. The van der Waals surface area contributed by atoms with E-state index in [1.54, 1.807) is 17.0 Å². The highest BCUT2D eigenvalue weighted by Gasteiger charge is 2.42. The Hall–Kier alpha value is -1.79. The second-order valence-electron chi connectivity index (χ2n) is 5.61. The monoisotopic (exact) mass is 355 g/mol. The summed E-state index contributed by atoms with van der Waals surface area (Å²) in [6.45, 7) is 0.830. The van der Waals surface area contributed by atoms with Crippen LogP contribution in [0.5, 0.6) is 0 Å². The number of urea groups is 1. The molecule has 8 heteroatoms. The third kappa shape index (κ3) is 3.28. The highest BCUT2D eigenvalue weighted by Crippen LogP contribution is 2.23. The van der Waals surface area contributed by atoms with E-state index in [1.165, 1.54) is 4.90 Å². The minimum absolute atomic E-state index is 0.0145. The summed E-state index contributed by atoms with van der Waals surface area (Å²) in [5, 5.41) is 3.59. The first kappa shape index (κ1) is 16.1. The summed E-state index contributed by atoms with van der Waals surface area (Å²) in [4.78, 5) is 38.1. The Kier molecular flexibility index (Phi) is 4.46. The third-order valence-corrected chi connectivity index (χ3v) is 4.67. The number of aryl methyl sites for hydroxylation is 1. The topological polar surface area (TPSA) is 69.7 Å². The summed E-state index contributed by atoms with van der Waals surface area (Å²) >= 11 is 11.9. The van der Waals surface area contributed by atoms with Crippen LogP contribution in [-0.4, -0.2) is 53.3 Å². The van der Waals surface area contributed by atoms with Gasteiger partial charge in [0, 0.05) is 29.6 Å². The van der Waals surface area contributed by atoms with Crippen molar-refractivity contribution >= 4 is 41.0 Å². The number of amides is 4. The van der Waals surface area contributed by atoms with E-state index in [0.717, 1.165) is 5.56 Å². The summed E-state index contributed by atoms with van der Waals surface area (Å²) in [6.07, 6.45) is 0.855. The minimum atomic E-state index is -0.375. The number of likely N-dealkylation sites (tertiary alicyclic amines) is 1. The van der Waals surface area contributed by atoms with Crippen LogP contribution < -0.4 is 5.32 Å². The van der Waals surface area contributed by atoms with Gasteiger partial charge in [0.25, 0.3) is 0 Å². The third-order valence-electron chi connectivity index (χ3n) is 4.08. The van der Waals surface area contributed by atoms with E-state index in [2.05, 4.69) is 5.32 Å². The first-order chi connectivity index (χ1) is 11.0. The summed E-state index contributed by atoms with van der Waals surface area (Å²) < 4.78 is 0. The zero-order valence-electron chi connectivity index (χ0n) is 12.2. The fraction of sp³-hybridized carbons (Fsp3) is 0.400. The van der Waals surface area contributed by atoms with Gasteiger partial charge in [-0.15, -0.1) is 0 Å². The van der Waals surface area contributed by atoms with Crippen molar-refractivity contribution < 1.29 is 14.4 Å². The van der Waals surface area contributed by atoms with Gasteiger partial charge in [-0.25, -0.2) is 4.79 Å². The molecular formula is C15H15Cl2N3O3. The molecule has 1 N–H and O–H groups in total. The van der Waals surface area contributed by atoms with Gasteiger partial charge in [-0.2, -0.15) is 0 Å². The van der Waals surface area contributed by atoms with Gasteiger partial charge in [0.15, 0.2) is 0 Å². The molecule has 3 rings (SSSR count). The number of halogens is 2. The number of hydrogen-bond acceptors (Lipinski definition) is 3. The van der Waals surface area contributed by atoms with Crippen molar-refractivity contribution in [3.8, 4) is 0 Å². The predicted molar refractivity (Wildman–Crippen MR) is 85.4 cm³/mol. The second-order valence-corrected chi connectivity index (χ2v) is 6.45. The highest BCUT2D eigenvalue weighted by atomic mass is 35.5. The molecule has 0 aromatic heterocycles. The van der Waals surface area contributed by atoms with Crippen molar-refractivity contribution in [2.75, 3.05) is 19.6 Å². The molecule has 6 nitrogen and oxygen atoms in total. The fourth-order valence-corrected chi connectivity index (χ4v) is 3.25. The van der Waals surface area contributed by atoms with Crippen molar-refractivity contribution in [2.45, 2.75) is 18.9 Å². The zero-order valence-corrected chi connectivity index (χ0v) is 13.7. The number of benzene rings is 1. The highest BCUT2D eigenvalue weighted by molar-refractivity contribution is 6.35. The van der Waals surface area contributed by atoms with Gasteiger partial charge in [0.1, 0.15) is 0 Å². The fourth-order valence-electron chi connectivity index (χ4n) is 2.75. The molecule has 2 aliphatic rings. The molecule has 0 saturated carbocycles. The average molecular weight is 356 g/mol. The number of nitrogens with one attached hydrogen (secondary N) is 1. The molecule has 0 aliphatic carbocycles. The molecule has 2 aliphatic heterocycles. The molecule has 1 aromatic carbocycles. The standard InChI is InChI=1S/C15H15Cl2N3O3/c16-10-3-1-9(12(17)5-10)2-4-13(21)19-7-11(8-19)20-14(22)6-18-15(20)23/h1,3,5,11H,2,4,6-8H2,(H,18,23). The molecule has 0 bridgehead atoms. The molecule has 0 radical (unpaired) electrons. The minimum Gasteiger partial charge on any atom is -0.338 e. The maximum absolute atomic E-state index is 12.2. The predicted octanol–water partition coefficient (Wildman–Crippen LogP) is 1.69. The molecule has 0 atom stereocenters. The van der Waals surface area contributed by atoms with Crippen molar-refractivity contribution in [1.29, 1.82) is 0 Å². The summed E-state index contributed by atoms with van der Waals surface area (Å²) in [5.74, 6) is -0.251. The number of imide groups is 1. The molecule has 2 saturated heterocycles. The lowest BCUT2D eigenvalue weighted by Crippen LogP contribution is -2.62. The van der Waals surface area contributed by atoms with Crippen LogP contribution in [0.25, 0.3) is 0 Å². The lowest BCUT2D eigenvalue weighted by molar-refractivity contribution is -0.142. The molecule has 23 heavy (non-hydrogen) atoms. The van der Waals surface area contributed by atoms with Gasteiger partial charge >= 0.3 is 6.03 Å². The lowest BCUT2D eigenvalue weighted by Gasteiger charge is -2.42. The number of nitrogens with zero attached hydrogens (tertiary/aromatic N) is 2. The van der Waals surface area contributed by atoms with Crippen LogP contribution in [-0.2, 0) is 16.0 Å². The Morgan fingerprint density at radius 3 is 2.61 bits per heavy atom. The van der Waals surface area contributed by atoms with Crippen LogP contribution in [0, 0.1) is 0 Å². The Bertz CT molecular complexity index is 658. The Labute approximate surface area is 143 Å². The smallest absolute Gasteiger partial charge is 0.324 e. The lowest BCUT2D eigenvalue weighted by atomic mass is 10.0. The average Bonchev–Trinajstić information content (AvgIpc) is 2.77. The summed E-state index contributed by atoms with van der Waals surface area (Å²) in [6, 6.07) is 4.61. The van der Waals surface area contributed by atoms with E-state index in [0.29, 0.717) is 36.0 Å². The molecule has 4 amide bonds. The second kappa shape index (κ2) is 6.37. The van der Waals surface area contributed by atoms with Crippen molar-refractivity contribution in [1.82, 2.24) is 15.1 Å². The summed E-state index contributed by atoms with van der Waals surface area (Å²) in [7, 11) is 0. The molecule has 0 unspecified atom stereocenters. The van der Waals surface area contributed by atoms with Crippen LogP contribution in [0.3, 0.4) is 0 Å². The van der Waals surface area contributed by atoms with Gasteiger partial charge in [-0.3, -0.25) is 14.5 Å². The number of rotatable bonds is 4. The maximum atomic E-state index is 12.2. The van der Waals surface area contributed by atoms with Gasteiger partial charge in [-0.05, 0) is 24.1 Å². The number of carbonyl (C=O) groups is 3. The molecule has 0 spiro atoms. The van der Waals surface area contributed by atoms with Crippen molar-refractivity contribution in [2.24, 2.45) is 0 Å². The van der Waals surface area contributed by atoms with E-state index in [1.807, 2.05) is 6.07 Å². The van der Waals surface area contributed by atoms with E-state index in [4.69, 9.17) is 23.2 Å². The zero-order chi connectivity index (χ0) is 16.6. The largest absolute Gasteiger partial charge is 0.338 e. The molecular weight excluding hydrogens is 341 g/mol. The first-order valence-electron chi connectivity index (χ1n) is 7.27. The Morgan fingerprint density at radius 1 is 1.26 bits per heavy atom. The van der Waals surface area contributed by atoms with Crippen molar-refractivity contribution in [3.63, 3.8) is 0 Å². The number of carbonyl (C=O) groups excluding carboxylic acids is 3. The van der Waals surface area contributed by atoms with Gasteiger partial charge in [0.05, 0.1) is 12.6 Å². The van der Waals surface area contributed by atoms with E-state index >= 15 is 0 Å². The van der Waals surface area contributed by atoms with E-state index in [-0.39, 0.29) is 30.4 Å². The molecule has 122 valence electrons. The SMILES string of the molecule is O=C(CCc1ccc(Cl)cc1Cl)N1CC(N2C(=O)CNC2=O)C1. The van der Waals surface area contributed by atoms with Gasteiger partial charge < -0.3 is 10.2 Å². The van der Waals surface area contributed by atoms with E-state index < -0.39 is 0 Å². The normalized spacial score (nSPS) is 18.2. The maximum Gasteiger partial charge on any atom is 0.324 e. The summed E-state index contributed by atoms with van der Waals surface area (Å²) in [5.41, 5.74) is 0.871. The van der Waals surface area contributed by atoms with Gasteiger partial charge in [-0.1, -0.05) is 29.3 Å². The van der Waals surface area contributed by atoms with Crippen LogP contribution in [0.15, 0.2) is 18.2 Å². The first-order valence-corrected chi connectivity index (χ1v) is 8.03. The molecule has 1 aromatic rings. The Morgan fingerprint density at radius 2 is 2.00 bits per heavy atom.